The Morgan fingerprint density at radius 1 is 1.06 bits per heavy atom. The van der Waals surface area contributed by atoms with Gasteiger partial charge in [0.15, 0.2) is 11.1 Å². The summed E-state index contributed by atoms with van der Waals surface area (Å²) >= 11 is 1.75. The summed E-state index contributed by atoms with van der Waals surface area (Å²) in [5.74, 6) is 0.790. The quantitative estimate of drug-likeness (QED) is 0.332. The van der Waals surface area contributed by atoms with Gasteiger partial charge >= 0.3 is 0 Å². The van der Waals surface area contributed by atoms with E-state index in [1.807, 2.05) is 12.1 Å². The predicted octanol–water partition coefficient (Wildman–Crippen LogP) is 3.83. The molecule has 1 aromatic heterocycles. The average molecular weight is 559 g/mol. The number of rotatable bonds is 6. The van der Waals surface area contributed by atoms with E-state index in [-0.39, 0.29) is 29.8 Å². The molecule has 0 aliphatic carbocycles. The van der Waals surface area contributed by atoms with Crippen LogP contribution in [-0.4, -0.2) is 68.2 Å². The van der Waals surface area contributed by atoms with Crippen molar-refractivity contribution in [3.8, 4) is 0 Å². The molecule has 2 aromatic rings. The van der Waals surface area contributed by atoms with Crippen molar-refractivity contribution >= 4 is 52.1 Å². The maximum absolute atomic E-state index is 13.2. The molecule has 0 atom stereocenters. The molecule has 3 heterocycles. The maximum atomic E-state index is 13.2. The van der Waals surface area contributed by atoms with Crippen LogP contribution in [0.3, 0.4) is 0 Å². The topological polar surface area (TPSA) is 47.0 Å². The zero-order chi connectivity index (χ0) is 20.8. The van der Waals surface area contributed by atoms with E-state index in [0.29, 0.717) is 0 Å². The minimum absolute atomic E-state index is 0. The summed E-state index contributed by atoms with van der Waals surface area (Å²) in [5.41, 5.74) is 2.22. The van der Waals surface area contributed by atoms with Gasteiger partial charge in [-0.05, 0) is 44.0 Å². The van der Waals surface area contributed by atoms with E-state index < -0.39 is 0 Å². The highest BCUT2D eigenvalue weighted by Gasteiger charge is 2.20. The number of benzene rings is 1. The Bertz CT molecular complexity index is 829. The third-order valence-corrected chi connectivity index (χ3v) is 6.60. The van der Waals surface area contributed by atoms with Crippen LogP contribution < -0.4 is 15.1 Å². The second-order valence-corrected chi connectivity index (χ2v) is 8.59. The summed E-state index contributed by atoms with van der Waals surface area (Å²) in [4.78, 5) is 16.7. The number of piperazine rings is 1. The molecule has 2 aliphatic rings. The lowest BCUT2D eigenvalue weighted by molar-refractivity contribution is 0.372. The molecule has 0 bridgehead atoms. The number of aromatic nitrogens is 1. The Labute approximate surface area is 205 Å². The molecule has 9 heteroatoms. The van der Waals surface area contributed by atoms with Gasteiger partial charge < -0.3 is 20.0 Å². The molecule has 6 nitrogen and oxygen atoms in total. The smallest absolute Gasteiger partial charge is 0.194 e. The highest BCUT2D eigenvalue weighted by Crippen LogP contribution is 2.24. The van der Waals surface area contributed by atoms with Gasteiger partial charge in [0.05, 0.1) is 5.69 Å². The number of hydrogen-bond donors (Lipinski definition) is 1. The van der Waals surface area contributed by atoms with Crippen LogP contribution in [0.5, 0.6) is 0 Å². The maximum Gasteiger partial charge on any atom is 0.194 e. The van der Waals surface area contributed by atoms with Gasteiger partial charge in [0, 0.05) is 69.8 Å². The summed E-state index contributed by atoms with van der Waals surface area (Å²) in [7, 11) is 0. The van der Waals surface area contributed by atoms with E-state index in [1.165, 1.54) is 25.0 Å². The molecule has 0 radical (unpaired) electrons. The number of nitrogens with one attached hydrogen (secondary N) is 1. The van der Waals surface area contributed by atoms with Crippen LogP contribution in [0.15, 0.2) is 34.6 Å². The lowest BCUT2D eigenvalue weighted by atomic mass is 10.2. The molecule has 1 aromatic carbocycles. The first-order valence-corrected chi connectivity index (χ1v) is 11.8. The number of hydrogen-bond acceptors (Lipinski definition) is 5. The number of guanidine groups is 1. The fourth-order valence-electron chi connectivity index (χ4n) is 4.00. The van der Waals surface area contributed by atoms with Crippen molar-refractivity contribution in [3.05, 3.63) is 41.2 Å². The van der Waals surface area contributed by atoms with Crippen LogP contribution in [-0.2, 0) is 6.42 Å². The van der Waals surface area contributed by atoms with Gasteiger partial charge in [0.1, 0.15) is 5.82 Å². The Morgan fingerprint density at radius 2 is 1.77 bits per heavy atom. The minimum atomic E-state index is -0.188. The molecule has 0 amide bonds. The van der Waals surface area contributed by atoms with Crippen LogP contribution >= 0.6 is 35.3 Å². The SMILES string of the molecule is CCNC(=NCCc1csc(N2CCCC2)n1)N1CCN(c2ccc(F)cc2)CC1.I. The fourth-order valence-corrected chi connectivity index (χ4v) is 4.91. The Hall–Kier alpha value is -1.62. The molecule has 170 valence electrons. The van der Waals surface area contributed by atoms with Crippen LogP contribution in [0.4, 0.5) is 15.2 Å². The second-order valence-electron chi connectivity index (χ2n) is 7.75. The lowest BCUT2D eigenvalue weighted by Crippen LogP contribution is -2.52. The van der Waals surface area contributed by atoms with Gasteiger partial charge in [0.2, 0.25) is 0 Å². The monoisotopic (exact) mass is 558 g/mol. The first kappa shape index (κ1) is 24.0. The molecular weight excluding hydrogens is 526 g/mol. The molecule has 1 N–H and O–H groups in total. The standard InChI is InChI=1S/C22H31FN6S.HI/c1-2-24-21(25-10-9-19-17-30-22(26-19)29-11-3-4-12-29)28-15-13-27(14-16-28)20-7-5-18(23)6-8-20;/h5-8,17H,2-4,9-16H2,1H3,(H,24,25);1H. The minimum Gasteiger partial charge on any atom is -0.368 e. The van der Waals surface area contributed by atoms with E-state index in [0.717, 1.165) is 81.3 Å². The molecule has 2 saturated heterocycles. The van der Waals surface area contributed by atoms with Crippen molar-refractivity contribution in [2.45, 2.75) is 26.2 Å². The van der Waals surface area contributed by atoms with Gasteiger partial charge in [-0.1, -0.05) is 0 Å². The van der Waals surface area contributed by atoms with Crippen LogP contribution in [0, 0.1) is 5.82 Å². The fraction of sp³-hybridized carbons (Fsp3) is 0.545. The van der Waals surface area contributed by atoms with Gasteiger partial charge in [-0.25, -0.2) is 9.37 Å². The van der Waals surface area contributed by atoms with E-state index in [9.17, 15) is 4.39 Å². The molecule has 31 heavy (non-hydrogen) atoms. The second kappa shape index (κ2) is 11.8. The number of anilines is 2. The van der Waals surface area contributed by atoms with Crippen molar-refractivity contribution in [1.82, 2.24) is 15.2 Å². The highest BCUT2D eigenvalue weighted by molar-refractivity contribution is 14.0. The van der Waals surface area contributed by atoms with Crippen molar-refractivity contribution in [3.63, 3.8) is 0 Å². The van der Waals surface area contributed by atoms with Gasteiger partial charge in [-0.15, -0.1) is 35.3 Å². The van der Waals surface area contributed by atoms with E-state index in [4.69, 9.17) is 9.98 Å². The summed E-state index contributed by atoms with van der Waals surface area (Å²) in [5, 5.41) is 6.77. The third-order valence-electron chi connectivity index (χ3n) is 5.65. The van der Waals surface area contributed by atoms with Crippen LogP contribution in [0.1, 0.15) is 25.5 Å². The molecule has 2 aliphatic heterocycles. The number of halogens is 2. The van der Waals surface area contributed by atoms with Crippen molar-refractivity contribution in [1.29, 1.82) is 0 Å². The highest BCUT2D eigenvalue weighted by atomic mass is 127. The predicted molar refractivity (Wildman–Crippen MR) is 139 cm³/mol. The average Bonchev–Trinajstić information content (AvgIpc) is 3.46. The molecule has 0 saturated carbocycles. The normalized spacial score (nSPS) is 17.1. The Kier molecular flexibility index (Phi) is 9.18. The Morgan fingerprint density at radius 3 is 2.45 bits per heavy atom. The molecule has 0 spiro atoms. The third kappa shape index (κ3) is 6.44. The first-order chi connectivity index (χ1) is 14.7. The molecule has 4 rings (SSSR count). The van der Waals surface area contributed by atoms with Gasteiger partial charge in [-0.2, -0.15) is 0 Å². The van der Waals surface area contributed by atoms with E-state index in [2.05, 4.69) is 32.3 Å². The number of aliphatic imine (C=N–C) groups is 1. The zero-order valence-electron chi connectivity index (χ0n) is 18.1. The lowest BCUT2D eigenvalue weighted by Gasteiger charge is -2.37. The van der Waals surface area contributed by atoms with E-state index >= 15 is 0 Å². The van der Waals surface area contributed by atoms with E-state index in [1.54, 1.807) is 11.3 Å². The van der Waals surface area contributed by atoms with Crippen LogP contribution in [0.25, 0.3) is 0 Å². The summed E-state index contributed by atoms with van der Waals surface area (Å²) in [6, 6.07) is 6.77. The summed E-state index contributed by atoms with van der Waals surface area (Å²) in [6.07, 6.45) is 3.42. The first-order valence-electron chi connectivity index (χ1n) is 11.0. The largest absolute Gasteiger partial charge is 0.368 e. The Balaban J connectivity index is 0.00000272. The summed E-state index contributed by atoms with van der Waals surface area (Å²) < 4.78 is 13.2. The van der Waals surface area contributed by atoms with Crippen molar-refractivity contribution in [2.24, 2.45) is 4.99 Å². The summed E-state index contributed by atoms with van der Waals surface area (Å²) in [6.45, 7) is 9.59. The molecular formula is C22H32FIN6S. The van der Waals surface area contributed by atoms with Gasteiger partial charge in [-0.3, -0.25) is 4.99 Å². The number of thiazole rings is 1. The molecule has 2 fully saturated rings. The van der Waals surface area contributed by atoms with Gasteiger partial charge in [0.25, 0.3) is 0 Å². The van der Waals surface area contributed by atoms with Crippen molar-refractivity contribution < 1.29 is 4.39 Å². The molecule has 0 unspecified atom stereocenters. The zero-order valence-corrected chi connectivity index (χ0v) is 21.2. The van der Waals surface area contributed by atoms with Crippen molar-refractivity contribution in [2.75, 3.05) is 62.2 Å². The van der Waals surface area contributed by atoms with Crippen LogP contribution in [0.2, 0.25) is 0 Å². The number of nitrogens with zero attached hydrogens (tertiary/aromatic N) is 5.